The van der Waals surface area contributed by atoms with Crippen LogP contribution in [0.25, 0.3) is 0 Å². The van der Waals surface area contributed by atoms with Crippen molar-refractivity contribution in [2.45, 2.75) is 26.7 Å². The van der Waals surface area contributed by atoms with Gasteiger partial charge in [0.1, 0.15) is 0 Å². The van der Waals surface area contributed by atoms with Gasteiger partial charge in [-0.25, -0.2) is 9.97 Å². The fraction of sp³-hybridized carbons (Fsp3) is 0.263. The molecule has 0 aliphatic rings. The van der Waals surface area contributed by atoms with Gasteiger partial charge >= 0.3 is 0 Å². The topological polar surface area (TPSA) is 75.2 Å². The molecule has 0 saturated carbocycles. The molecule has 27 heavy (non-hydrogen) atoms. The number of aryl methyl sites for hydroxylation is 2. The molecule has 8 heteroatoms. The third-order valence-corrected chi connectivity index (χ3v) is 5.54. The maximum atomic E-state index is 12.5. The van der Waals surface area contributed by atoms with E-state index in [-0.39, 0.29) is 24.7 Å². The molecule has 2 aromatic heterocycles. The van der Waals surface area contributed by atoms with Crippen LogP contribution in [0.1, 0.15) is 21.4 Å². The van der Waals surface area contributed by atoms with Gasteiger partial charge in [0.2, 0.25) is 11.8 Å². The van der Waals surface area contributed by atoms with E-state index in [1.165, 1.54) is 22.7 Å². The monoisotopic (exact) mass is 400 g/mol. The number of likely N-dealkylation sites (N-methyl/N-ethyl adjacent to an activating group) is 1. The van der Waals surface area contributed by atoms with Crippen molar-refractivity contribution >= 4 is 45.9 Å². The molecular formula is C19H20N4O2S2. The summed E-state index contributed by atoms with van der Waals surface area (Å²) < 4.78 is 0. The highest BCUT2D eigenvalue weighted by molar-refractivity contribution is 7.09. The molecule has 140 valence electrons. The average molecular weight is 401 g/mol. The summed E-state index contributed by atoms with van der Waals surface area (Å²) in [5, 5.41) is 8.54. The molecule has 1 aromatic carbocycles. The molecule has 0 aliphatic carbocycles. The average Bonchev–Trinajstić information content (AvgIpc) is 3.22. The van der Waals surface area contributed by atoms with E-state index in [1.807, 2.05) is 36.7 Å². The van der Waals surface area contributed by atoms with Gasteiger partial charge in [-0.05, 0) is 32.0 Å². The molecular weight excluding hydrogens is 380 g/mol. The first-order valence-corrected chi connectivity index (χ1v) is 10.1. The summed E-state index contributed by atoms with van der Waals surface area (Å²) in [6, 6.07) is 7.24. The lowest BCUT2D eigenvalue weighted by Crippen LogP contribution is -2.28. The normalized spacial score (nSPS) is 10.6. The maximum absolute atomic E-state index is 12.5. The summed E-state index contributed by atoms with van der Waals surface area (Å²) in [7, 11) is 1.72. The van der Waals surface area contributed by atoms with Gasteiger partial charge in [0, 0.05) is 29.2 Å². The SMILES string of the molecule is Cc1nc(CC(=O)Nc2cccc(N(C)C(=O)Cc3csc(C)n3)c2)cs1. The number of anilines is 2. The Morgan fingerprint density at radius 1 is 1.04 bits per heavy atom. The number of thiazole rings is 2. The zero-order valence-corrected chi connectivity index (χ0v) is 17.0. The molecule has 1 N–H and O–H groups in total. The molecule has 0 fully saturated rings. The number of carbonyl (C=O) groups excluding carboxylic acids is 2. The molecule has 2 heterocycles. The molecule has 0 saturated heterocycles. The van der Waals surface area contributed by atoms with Gasteiger partial charge in [-0.1, -0.05) is 6.07 Å². The van der Waals surface area contributed by atoms with Crippen LogP contribution < -0.4 is 10.2 Å². The van der Waals surface area contributed by atoms with Crippen molar-refractivity contribution in [3.8, 4) is 0 Å². The van der Waals surface area contributed by atoms with Crippen LogP contribution in [-0.4, -0.2) is 28.8 Å². The van der Waals surface area contributed by atoms with Crippen LogP contribution >= 0.6 is 22.7 Å². The molecule has 6 nitrogen and oxygen atoms in total. The number of hydrogen-bond acceptors (Lipinski definition) is 6. The Kier molecular flexibility index (Phi) is 5.98. The Labute approximate surface area is 165 Å². The van der Waals surface area contributed by atoms with Gasteiger partial charge in [-0.2, -0.15) is 0 Å². The predicted molar refractivity (Wildman–Crippen MR) is 110 cm³/mol. The van der Waals surface area contributed by atoms with Crippen molar-refractivity contribution in [1.29, 1.82) is 0 Å². The van der Waals surface area contributed by atoms with Crippen molar-refractivity contribution in [1.82, 2.24) is 9.97 Å². The molecule has 3 aromatic rings. The molecule has 0 bridgehead atoms. The van der Waals surface area contributed by atoms with Crippen LogP contribution in [0.4, 0.5) is 11.4 Å². The van der Waals surface area contributed by atoms with E-state index in [4.69, 9.17) is 0 Å². The highest BCUT2D eigenvalue weighted by atomic mass is 32.1. The van der Waals surface area contributed by atoms with Crippen molar-refractivity contribution in [3.05, 3.63) is 56.4 Å². The third-order valence-electron chi connectivity index (χ3n) is 3.90. The van der Waals surface area contributed by atoms with Crippen molar-refractivity contribution < 1.29 is 9.59 Å². The number of nitrogens with zero attached hydrogens (tertiary/aromatic N) is 3. The first kappa shape index (κ1) is 19.2. The Balaban J connectivity index is 1.63. The standard InChI is InChI=1S/C19H20N4O2S2/c1-12-20-15(10-26-12)8-18(24)22-14-5-4-6-17(7-14)23(3)19(25)9-16-11-27-13(2)21-16/h4-7,10-11H,8-9H2,1-3H3,(H,22,24). The highest BCUT2D eigenvalue weighted by Gasteiger charge is 2.14. The molecule has 3 rings (SSSR count). The molecule has 0 radical (unpaired) electrons. The van der Waals surface area contributed by atoms with Gasteiger partial charge < -0.3 is 10.2 Å². The van der Waals surface area contributed by atoms with Crippen LogP contribution in [0.5, 0.6) is 0 Å². The predicted octanol–water partition coefficient (Wildman–Crippen LogP) is 3.60. The zero-order valence-electron chi connectivity index (χ0n) is 15.4. The van der Waals surface area contributed by atoms with Crippen molar-refractivity contribution in [2.75, 3.05) is 17.3 Å². The van der Waals surface area contributed by atoms with E-state index in [1.54, 1.807) is 24.1 Å². The Morgan fingerprint density at radius 3 is 2.26 bits per heavy atom. The lowest BCUT2D eigenvalue weighted by atomic mass is 10.2. The van der Waals surface area contributed by atoms with Gasteiger partial charge in [0.15, 0.2) is 0 Å². The van der Waals surface area contributed by atoms with Crippen LogP contribution in [0.3, 0.4) is 0 Å². The minimum atomic E-state index is -0.135. The quantitative estimate of drug-likeness (QED) is 0.686. The number of benzene rings is 1. The van der Waals surface area contributed by atoms with Crippen LogP contribution in [0, 0.1) is 13.8 Å². The summed E-state index contributed by atoms with van der Waals surface area (Å²) in [5.41, 5.74) is 2.90. The number of hydrogen-bond donors (Lipinski definition) is 1. The second-order valence-electron chi connectivity index (χ2n) is 6.12. The summed E-state index contributed by atoms with van der Waals surface area (Å²) in [4.78, 5) is 34.9. The molecule has 0 spiro atoms. The Bertz CT molecular complexity index is 964. The van der Waals surface area contributed by atoms with Gasteiger partial charge in [-0.3, -0.25) is 9.59 Å². The first-order chi connectivity index (χ1) is 12.9. The van der Waals surface area contributed by atoms with E-state index in [0.717, 1.165) is 21.4 Å². The zero-order chi connectivity index (χ0) is 19.4. The fourth-order valence-electron chi connectivity index (χ4n) is 2.56. The van der Waals surface area contributed by atoms with Gasteiger partial charge in [-0.15, -0.1) is 22.7 Å². The van der Waals surface area contributed by atoms with Crippen LogP contribution in [0.15, 0.2) is 35.0 Å². The summed E-state index contributed by atoms with van der Waals surface area (Å²) in [6.45, 7) is 3.83. The van der Waals surface area contributed by atoms with Crippen molar-refractivity contribution in [2.24, 2.45) is 0 Å². The minimum absolute atomic E-state index is 0.0540. The molecule has 2 amide bonds. The summed E-state index contributed by atoms with van der Waals surface area (Å²) in [6.07, 6.45) is 0.479. The molecule has 0 unspecified atom stereocenters. The number of amides is 2. The highest BCUT2D eigenvalue weighted by Crippen LogP contribution is 2.20. The first-order valence-electron chi connectivity index (χ1n) is 8.39. The van der Waals surface area contributed by atoms with Crippen LogP contribution in [-0.2, 0) is 22.4 Å². The lowest BCUT2D eigenvalue weighted by molar-refractivity contribution is -0.118. The number of rotatable bonds is 6. The van der Waals surface area contributed by atoms with E-state index in [2.05, 4.69) is 15.3 Å². The number of carbonyl (C=O) groups is 2. The third kappa shape index (κ3) is 5.21. The van der Waals surface area contributed by atoms with Gasteiger partial charge in [0.05, 0.1) is 34.2 Å². The smallest absolute Gasteiger partial charge is 0.232 e. The van der Waals surface area contributed by atoms with E-state index in [9.17, 15) is 9.59 Å². The number of nitrogens with one attached hydrogen (secondary N) is 1. The van der Waals surface area contributed by atoms with E-state index in [0.29, 0.717) is 11.4 Å². The Hall–Kier alpha value is -2.58. The maximum Gasteiger partial charge on any atom is 0.232 e. The minimum Gasteiger partial charge on any atom is -0.326 e. The fourth-order valence-corrected chi connectivity index (χ4v) is 3.78. The lowest BCUT2D eigenvalue weighted by Gasteiger charge is -2.18. The second kappa shape index (κ2) is 8.41. The van der Waals surface area contributed by atoms with E-state index < -0.39 is 0 Å². The van der Waals surface area contributed by atoms with Crippen molar-refractivity contribution in [3.63, 3.8) is 0 Å². The van der Waals surface area contributed by atoms with Gasteiger partial charge in [0.25, 0.3) is 0 Å². The van der Waals surface area contributed by atoms with E-state index >= 15 is 0 Å². The summed E-state index contributed by atoms with van der Waals surface area (Å²) >= 11 is 3.06. The largest absolute Gasteiger partial charge is 0.326 e. The molecule has 0 atom stereocenters. The molecule has 0 aliphatic heterocycles. The Morgan fingerprint density at radius 2 is 1.67 bits per heavy atom. The van der Waals surface area contributed by atoms with Crippen LogP contribution in [0.2, 0.25) is 0 Å². The number of aromatic nitrogens is 2. The summed E-state index contributed by atoms with van der Waals surface area (Å²) in [5.74, 6) is -0.189. The second-order valence-corrected chi connectivity index (χ2v) is 8.24.